The van der Waals surface area contributed by atoms with E-state index in [0.29, 0.717) is 11.3 Å². The number of Topliss-reactive ketones (excluding diaryl/α,β-unsaturated/α-hetero) is 1. The van der Waals surface area contributed by atoms with Gasteiger partial charge in [0.1, 0.15) is 6.07 Å². The number of halogens is 3. The normalized spacial score (nSPS) is 17.3. The molecule has 1 aliphatic heterocycles. The van der Waals surface area contributed by atoms with E-state index in [-0.39, 0.29) is 16.2 Å². The van der Waals surface area contributed by atoms with Crippen LogP contribution in [0.15, 0.2) is 36.2 Å². The molecule has 29 heavy (non-hydrogen) atoms. The molecule has 1 aromatic carbocycles. The van der Waals surface area contributed by atoms with Crippen molar-refractivity contribution in [1.82, 2.24) is 14.7 Å². The number of carbonyl (C=O) groups is 2. The fraction of sp³-hybridized carbons (Fsp3) is 0.211. The highest BCUT2D eigenvalue weighted by atomic mass is 19.4. The second-order valence-electron chi connectivity index (χ2n) is 6.28. The van der Waals surface area contributed by atoms with Gasteiger partial charge in [0.2, 0.25) is 5.91 Å². The van der Waals surface area contributed by atoms with Gasteiger partial charge in [-0.05, 0) is 38.1 Å². The second-order valence-corrected chi connectivity index (χ2v) is 6.28. The lowest BCUT2D eigenvalue weighted by Gasteiger charge is -2.33. The highest BCUT2D eigenvalue weighted by Gasteiger charge is 2.50. The molecule has 1 aromatic heterocycles. The highest BCUT2D eigenvalue weighted by molar-refractivity contribution is 6.30. The summed E-state index contributed by atoms with van der Waals surface area (Å²) in [4.78, 5) is 24.5. The molecule has 146 valence electrons. The Labute approximate surface area is 162 Å². The van der Waals surface area contributed by atoms with E-state index in [0.717, 1.165) is 24.7 Å². The van der Waals surface area contributed by atoms with E-state index in [9.17, 15) is 28.0 Å². The lowest BCUT2D eigenvalue weighted by atomic mass is 9.88. The van der Waals surface area contributed by atoms with Gasteiger partial charge < -0.3 is 0 Å². The zero-order chi connectivity index (χ0) is 21.5. The van der Waals surface area contributed by atoms with Gasteiger partial charge in [-0.1, -0.05) is 0 Å². The predicted octanol–water partition coefficient (Wildman–Crippen LogP) is 2.91. The monoisotopic (exact) mass is 399 g/mol. The first kappa shape index (κ1) is 19.8. The molecule has 1 unspecified atom stereocenters. The Morgan fingerprint density at radius 2 is 1.72 bits per heavy atom. The standard InChI is InChI=1S/C19H12F3N5O2/c1-10-17(28)15(11(2)26(18(10)29)19(20,21)22)16-13(8-24)9-25-27(16)14-5-3-12(7-23)4-6-14/h3-6,9-10H,1-2H3. The third kappa shape index (κ3) is 3.15. The lowest BCUT2D eigenvalue weighted by Crippen LogP contribution is -2.49. The summed E-state index contributed by atoms with van der Waals surface area (Å²) in [5.74, 6) is -3.79. The molecule has 0 saturated heterocycles. The number of hydrogen-bond donors (Lipinski definition) is 0. The molecule has 0 bridgehead atoms. The number of alkyl halides is 3. The molecular weight excluding hydrogens is 387 g/mol. The van der Waals surface area contributed by atoms with Gasteiger partial charge in [-0.25, -0.2) is 9.58 Å². The second kappa shape index (κ2) is 6.91. The van der Waals surface area contributed by atoms with Crippen LogP contribution in [0.2, 0.25) is 0 Å². The Hall–Kier alpha value is -3.92. The smallest absolute Gasteiger partial charge is 0.293 e. The number of benzene rings is 1. The van der Waals surface area contributed by atoms with Crippen molar-refractivity contribution in [1.29, 1.82) is 10.5 Å². The van der Waals surface area contributed by atoms with E-state index in [1.165, 1.54) is 24.3 Å². The number of aromatic nitrogens is 2. The molecule has 3 rings (SSSR count). The number of allylic oxidation sites excluding steroid dienone is 2. The molecule has 0 saturated carbocycles. The third-order valence-electron chi connectivity index (χ3n) is 4.55. The van der Waals surface area contributed by atoms with Gasteiger partial charge >= 0.3 is 6.30 Å². The van der Waals surface area contributed by atoms with Crippen LogP contribution in [-0.4, -0.2) is 32.7 Å². The van der Waals surface area contributed by atoms with Gasteiger partial charge in [-0.3, -0.25) is 9.59 Å². The van der Waals surface area contributed by atoms with Crippen molar-refractivity contribution < 1.29 is 22.8 Å². The molecule has 2 aromatic rings. The number of hydrogen-bond acceptors (Lipinski definition) is 5. The van der Waals surface area contributed by atoms with Crippen LogP contribution in [-0.2, 0) is 9.59 Å². The quantitative estimate of drug-likeness (QED) is 0.571. The van der Waals surface area contributed by atoms with Gasteiger partial charge in [0.05, 0.1) is 46.3 Å². The number of ketones is 1. The molecule has 1 amide bonds. The van der Waals surface area contributed by atoms with E-state index in [1.807, 2.05) is 12.1 Å². The van der Waals surface area contributed by atoms with Crippen molar-refractivity contribution >= 4 is 17.3 Å². The summed E-state index contributed by atoms with van der Waals surface area (Å²) in [7, 11) is 0. The molecule has 0 fully saturated rings. The average Bonchev–Trinajstić information content (AvgIpc) is 3.09. The first-order chi connectivity index (χ1) is 13.6. The van der Waals surface area contributed by atoms with E-state index in [1.54, 1.807) is 0 Å². The van der Waals surface area contributed by atoms with Crippen molar-refractivity contribution in [3.63, 3.8) is 0 Å². The molecule has 0 aliphatic carbocycles. The first-order valence-electron chi connectivity index (χ1n) is 8.26. The van der Waals surface area contributed by atoms with Gasteiger partial charge in [0.15, 0.2) is 5.78 Å². The van der Waals surface area contributed by atoms with E-state index in [2.05, 4.69) is 5.10 Å². The van der Waals surface area contributed by atoms with Crippen LogP contribution in [0.25, 0.3) is 11.3 Å². The minimum atomic E-state index is -5.03. The van der Waals surface area contributed by atoms with Gasteiger partial charge in [0.25, 0.3) is 0 Å². The minimum absolute atomic E-state index is 0.124. The SMILES string of the molecule is CC1=C(c2c(C#N)cnn2-c2ccc(C#N)cc2)C(=O)C(C)C(=O)N1C(F)(F)F. The molecule has 1 aliphatic rings. The molecule has 10 heteroatoms. The van der Waals surface area contributed by atoms with Crippen molar-refractivity contribution in [3.8, 4) is 17.8 Å². The zero-order valence-electron chi connectivity index (χ0n) is 15.2. The van der Waals surface area contributed by atoms with Crippen molar-refractivity contribution in [3.05, 3.63) is 53.0 Å². The van der Waals surface area contributed by atoms with Crippen molar-refractivity contribution in [2.75, 3.05) is 0 Å². The van der Waals surface area contributed by atoms with E-state index >= 15 is 0 Å². The highest BCUT2D eigenvalue weighted by Crippen LogP contribution is 2.39. The maximum absolute atomic E-state index is 13.5. The minimum Gasteiger partial charge on any atom is -0.293 e. The Morgan fingerprint density at radius 1 is 1.10 bits per heavy atom. The molecule has 0 N–H and O–H groups in total. The van der Waals surface area contributed by atoms with Crippen LogP contribution in [0.4, 0.5) is 13.2 Å². The summed E-state index contributed by atoms with van der Waals surface area (Å²) < 4.78 is 41.6. The Kier molecular flexibility index (Phi) is 4.73. The number of carbonyl (C=O) groups excluding carboxylic acids is 2. The third-order valence-corrected chi connectivity index (χ3v) is 4.55. The topological polar surface area (TPSA) is 103 Å². The van der Waals surface area contributed by atoms with E-state index in [4.69, 9.17) is 5.26 Å². The molecule has 2 heterocycles. The fourth-order valence-corrected chi connectivity index (χ4v) is 3.12. The molecule has 0 spiro atoms. The van der Waals surface area contributed by atoms with E-state index < -0.39 is 35.2 Å². The summed E-state index contributed by atoms with van der Waals surface area (Å²) in [5.41, 5.74) is -0.634. The lowest BCUT2D eigenvalue weighted by molar-refractivity contribution is -0.231. The summed E-state index contributed by atoms with van der Waals surface area (Å²) >= 11 is 0. The summed E-state index contributed by atoms with van der Waals surface area (Å²) in [6.07, 6.45) is -3.91. The number of rotatable bonds is 2. The fourth-order valence-electron chi connectivity index (χ4n) is 3.12. The van der Waals surface area contributed by atoms with Crippen LogP contribution in [0, 0.1) is 28.6 Å². The summed E-state index contributed by atoms with van der Waals surface area (Å²) in [6, 6.07) is 9.64. The maximum atomic E-state index is 13.5. The van der Waals surface area contributed by atoms with Crippen LogP contribution in [0.1, 0.15) is 30.7 Å². The summed E-state index contributed by atoms with van der Waals surface area (Å²) in [5, 5.41) is 22.4. The molecule has 0 radical (unpaired) electrons. The Bertz CT molecular complexity index is 1130. The Morgan fingerprint density at radius 3 is 2.24 bits per heavy atom. The zero-order valence-corrected chi connectivity index (χ0v) is 15.2. The van der Waals surface area contributed by atoms with Crippen LogP contribution >= 0.6 is 0 Å². The molecule has 1 atom stereocenters. The maximum Gasteiger partial charge on any atom is 0.491 e. The van der Waals surface area contributed by atoms with Crippen LogP contribution in [0.3, 0.4) is 0 Å². The largest absolute Gasteiger partial charge is 0.491 e. The average molecular weight is 399 g/mol. The predicted molar refractivity (Wildman–Crippen MR) is 92.7 cm³/mol. The molecular formula is C19H12F3N5O2. The number of nitriles is 2. The van der Waals surface area contributed by atoms with Crippen LogP contribution in [0.5, 0.6) is 0 Å². The van der Waals surface area contributed by atoms with Crippen molar-refractivity contribution in [2.45, 2.75) is 20.1 Å². The number of amides is 1. The van der Waals surface area contributed by atoms with Crippen LogP contribution < -0.4 is 0 Å². The molecule has 7 nitrogen and oxygen atoms in total. The van der Waals surface area contributed by atoms with Gasteiger partial charge in [-0.2, -0.15) is 15.6 Å². The van der Waals surface area contributed by atoms with Gasteiger partial charge in [-0.15, -0.1) is 13.2 Å². The Balaban J connectivity index is 2.31. The van der Waals surface area contributed by atoms with Crippen molar-refractivity contribution in [2.24, 2.45) is 5.92 Å². The summed E-state index contributed by atoms with van der Waals surface area (Å²) in [6.45, 7) is 2.09. The van der Waals surface area contributed by atoms with Gasteiger partial charge in [0, 0.05) is 5.70 Å². The first-order valence-corrected chi connectivity index (χ1v) is 8.26. The number of nitrogens with zero attached hydrogens (tertiary/aromatic N) is 5.